The molecule has 2 heteroatoms. The standard InChI is InChI=1S/C12H17ClO/c1-9-5-4-8-12(2,3)10(9)6-7-11(13)14/h6-7H,4-5,8H2,1-3H3/b7-6+. The van der Waals surface area contributed by atoms with Gasteiger partial charge in [-0.3, -0.25) is 4.79 Å². The Labute approximate surface area is 90.8 Å². The molecule has 0 N–H and O–H groups in total. The van der Waals surface area contributed by atoms with Crippen molar-refractivity contribution >= 4 is 16.8 Å². The number of hydrogen-bond donors (Lipinski definition) is 0. The highest BCUT2D eigenvalue weighted by Gasteiger charge is 2.26. The first-order valence-electron chi connectivity index (χ1n) is 5.01. The summed E-state index contributed by atoms with van der Waals surface area (Å²) >= 11 is 5.29. The van der Waals surface area contributed by atoms with Crippen molar-refractivity contribution in [2.24, 2.45) is 5.41 Å². The third-order valence-electron chi connectivity index (χ3n) is 2.92. The van der Waals surface area contributed by atoms with E-state index in [9.17, 15) is 4.79 Å². The number of halogens is 1. The molecule has 0 radical (unpaired) electrons. The van der Waals surface area contributed by atoms with Crippen LogP contribution in [0.2, 0.25) is 0 Å². The lowest BCUT2D eigenvalue weighted by Crippen LogP contribution is -2.19. The molecular weight excluding hydrogens is 196 g/mol. The second-order valence-corrected chi connectivity index (χ2v) is 4.94. The molecule has 0 unspecified atom stereocenters. The van der Waals surface area contributed by atoms with E-state index in [2.05, 4.69) is 20.8 Å². The number of allylic oxidation sites excluding steroid dienone is 4. The maximum Gasteiger partial charge on any atom is 0.245 e. The minimum Gasteiger partial charge on any atom is -0.276 e. The minimum atomic E-state index is -0.397. The summed E-state index contributed by atoms with van der Waals surface area (Å²) in [5.41, 5.74) is 2.85. The van der Waals surface area contributed by atoms with Crippen molar-refractivity contribution in [1.29, 1.82) is 0 Å². The third kappa shape index (κ3) is 2.71. The van der Waals surface area contributed by atoms with Gasteiger partial charge in [-0.2, -0.15) is 0 Å². The Morgan fingerprint density at radius 1 is 1.50 bits per heavy atom. The van der Waals surface area contributed by atoms with E-state index in [4.69, 9.17) is 11.6 Å². The number of rotatable bonds is 2. The number of hydrogen-bond acceptors (Lipinski definition) is 1. The normalized spacial score (nSPS) is 21.7. The maximum absolute atomic E-state index is 10.7. The van der Waals surface area contributed by atoms with Crippen LogP contribution in [0.3, 0.4) is 0 Å². The van der Waals surface area contributed by atoms with Crippen LogP contribution in [-0.2, 0) is 4.79 Å². The lowest BCUT2D eigenvalue weighted by Gasteiger charge is -2.32. The van der Waals surface area contributed by atoms with Crippen LogP contribution in [0.1, 0.15) is 40.0 Å². The predicted molar refractivity (Wildman–Crippen MR) is 60.3 cm³/mol. The van der Waals surface area contributed by atoms with Crippen molar-refractivity contribution in [2.75, 3.05) is 0 Å². The van der Waals surface area contributed by atoms with Gasteiger partial charge in [-0.1, -0.05) is 25.5 Å². The highest BCUT2D eigenvalue weighted by atomic mass is 35.5. The molecule has 1 rings (SSSR count). The average molecular weight is 213 g/mol. The van der Waals surface area contributed by atoms with Gasteiger partial charge >= 0.3 is 0 Å². The quantitative estimate of drug-likeness (QED) is 0.502. The molecule has 0 spiro atoms. The molecule has 78 valence electrons. The summed E-state index contributed by atoms with van der Waals surface area (Å²) in [5.74, 6) is 0. The van der Waals surface area contributed by atoms with Crippen LogP contribution < -0.4 is 0 Å². The highest BCUT2D eigenvalue weighted by molar-refractivity contribution is 6.66. The van der Waals surface area contributed by atoms with Gasteiger partial charge in [0.1, 0.15) is 0 Å². The minimum absolute atomic E-state index is 0.186. The van der Waals surface area contributed by atoms with Crippen molar-refractivity contribution in [3.05, 3.63) is 23.3 Å². The Kier molecular flexibility index (Phi) is 3.54. The van der Waals surface area contributed by atoms with Gasteiger partial charge < -0.3 is 0 Å². The van der Waals surface area contributed by atoms with E-state index in [0.717, 1.165) is 6.42 Å². The third-order valence-corrected chi connectivity index (χ3v) is 3.05. The molecule has 0 saturated heterocycles. The SMILES string of the molecule is CC1=C(/C=C/C(=O)Cl)C(C)(C)CCC1. The van der Waals surface area contributed by atoms with Crippen LogP contribution in [0, 0.1) is 5.41 Å². The number of carbonyl (C=O) groups is 1. The molecule has 1 aliphatic rings. The van der Waals surface area contributed by atoms with Crippen LogP contribution in [0.4, 0.5) is 0 Å². The van der Waals surface area contributed by atoms with E-state index >= 15 is 0 Å². The molecule has 0 aromatic heterocycles. The van der Waals surface area contributed by atoms with Gasteiger partial charge in [0.15, 0.2) is 0 Å². The van der Waals surface area contributed by atoms with Gasteiger partial charge in [0, 0.05) is 0 Å². The second-order valence-electron chi connectivity index (χ2n) is 4.57. The fraction of sp³-hybridized carbons (Fsp3) is 0.583. The molecule has 0 amide bonds. The Morgan fingerprint density at radius 2 is 2.14 bits per heavy atom. The Balaban J connectivity index is 2.96. The topological polar surface area (TPSA) is 17.1 Å². The van der Waals surface area contributed by atoms with Crippen LogP contribution in [0.5, 0.6) is 0 Å². The molecule has 0 saturated carbocycles. The molecule has 0 bridgehead atoms. The molecule has 0 fully saturated rings. The zero-order valence-corrected chi connectivity index (χ0v) is 9.82. The fourth-order valence-corrected chi connectivity index (χ4v) is 2.22. The first kappa shape index (κ1) is 11.5. The monoisotopic (exact) mass is 212 g/mol. The molecule has 1 aliphatic carbocycles. The summed E-state index contributed by atoms with van der Waals surface area (Å²) in [7, 11) is 0. The smallest absolute Gasteiger partial charge is 0.245 e. The van der Waals surface area contributed by atoms with E-state index < -0.39 is 5.24 Å². The summed E-state index contributed by atoms with van der Waals surface area (Å²) < 4.78 is 0. The largest absolute Gasteiger partial charge is 0.276 e. The maximum atomic E-state index is 10.7. The summed E-state index contributed by atoms with van der Waals surface area (Å²) in [6.07, 6.45) is 6.89. The molecule has 0 heterocycles. The lowest BCUT2D eigenvalue weighted by molar-refractivity contribution is -0.107. The summed E-state index contributed by atoms with van der Waals surface area (Å²) in [4.78, 5) is 10.7. The van der Waals surface area contributed by atoms with E-state index in [1.54, 1.807) is 0 Å². The van der Waals surface area contributed by atoms with Gasteiger partial charge in [-0.05, 0) is 54.9 Å². The van der Waals surface area contributed by atoms with Gasteiger partial charge in [0.25, 0.3) is 0 Å². The van der Waals surface area contributed by atoms with E-state index in [0.29, 0.717) is 0 Å². The fourth-order valence-electron chi connectivity index (χ4n) is 2.16. The summed E-state index contributed by atoms with van der Waals surface area (Å²) in [6, 6.07) is 0. The predicted octanol–water partition coefficient (Wildman–Crippen LogP) is 3.83. The van der Waals surface area contributed by atoms with Crippen molar-refractivity contribution in [1.82, 2.24) is 0 Å². The lowest BCUT2D eigenvalue weighted by atomic mass is 9.73. The first-order chi connectivity index (χ1) is 6.43. The van der Waals surface area contributed by atoms with Crippen LogP contribution >= 0.6 is 11.6 Å². The molecular formula is C12H17ClO. The van der Waals surface area contributed by atoms with Gasteiger partial charge in [-0.15, -0.1) is 0 Å². The Bertz CT molecular complexity index is 297. The van der Waals surface area contributed by atoms with E-state index in [-0.39, 0.29) is 5.41 Å². The van der Waals surface area contributed by atoms with Crippen molar-refractivity contribution < 1.29 is 4.79 Å². The van der Waals surface area contributed by atoms with Crippen LogP contribution in [0.25, 0.3) is 0 Å². The number of carbonyl (C=O) groups excluding carboxylic acids is 1. The Morgan fingerprint density at radius 3 is 2.64 bits per heavy atom. The van der Waals surface area contributed by atoms with Crippen LogP contribution in [0.15, 0.2) is 23.3 Å². The first-order valence-corrected chi connectivity index (χ1v) is 5.39. The molecule has 0 atom stereocenters. The average Bonchev–Trinajstić information content (AvgIpc) is 2.01. The molecule has 0 aromatic rings. The van der Waals surface area contributed by atoms with Crippen molar-refractivity contribution in [3.8, 4) is 0 Å². The van der Waals surface area contributed by atoms with Crippen molar-refractivity contribution in [3.63, 3.8) is 0 Å². The molecule has 0 aromatic carbocycles. The highest BCUT2D eigenvalue weighted by Crippen LogP contribution is 2.40. The zero-order valence-electron chi connectivity index (χ0n) is 9.06. The van der Waals surface area contributed by atoms with Gasteiger partial charge in [0.2, 0.25) is 5.24 Å². The van der Waals surface area contributed by atoms with Crippen LogP contribution in [-0.4, -0.2) is 5.24 Å². The molecule has 14 heavy (non-hydrogen) atoms. The molecule has 0 aliphatic heterocycles. The summed E-state index contributed by atoms with van der Waals surface area (Å²) in [6.45, 7) is 6.57. The second kappa shape index (κ2) is 4.31. The Hall–Kier alpha value is -0.560. The molecule has 1 nitrogen and oxygen atoms in total. The van der Waals surface area contributed by atoms with E-state index in [1.807, 2.05) is 6.08 Å². The summed E-state index contributed by atoms with van der Waals surface area (Å²) in [5, 5.41) is -0.397. The van der Waals surface area contributed by atoms with Crippen molar-refractivity contribution in [2.45, 2.75) is 40.0 Å². The van der Waals surface area contributed by atoms with E-state index in [1.165, 1.54) is 30.1 Å². The zero-order chi connectivity index (χ0) is 10.8. The van der Waals surface area contributed by atoms with Gasteiger partial charge in [-0.25, -0.2) is 0 Å². The van der Waals surface area contributed by atoms with Gasteiger partial charge in [0.05, 0.1) is 0 Å².